The number of hydrogen-bond acceptors (Lipinski definition) is 3. The van der Waals surface area contributed by atoms with Crippen LogP contribution in [0.1, 0.15) is 16.7 Å². The van der Waals surface area contributed by atoms with Gasteiger partial charge in [-0.05, 0) is 51.9 Å². The van der Waals surface area contributed by atoms with Gasteiger partial charge in [-0.3, -0.25) is 14.5 Å². The molecule has 0 aliphatic carbocycles. The summed E-state index contributed by atoms with van der Waals surface area (Å²) in [5, 5.41) is 3.62. The molecule has 5 aromatic rings. The molecule has 0 radical (unpaired) electrons. The predicted octanol–water partition coefficient (Wildman–Crippen LogP) is 7.73. The maximum Gasteiger partial charge on any atom is 0.293 e. The summed E-state index contributed by atoms with van der Waals surface area (Å²) in [5.74, 6) is -0.263. The van der Waals surface area contributed by atoms with Gasteiger partial charge in [-0.1, -0.05) is 90.5 Å². The number of benzene rings is 4. The third-order valence-electron chi connectivity index (χ3n) is 6.49. The van der Waals surface area contributed by atoms with Gasteiger partial charge in [0.1, 0.15) is 0 Å². The van der Waals surface area contributed by atoms with E-state index in [9.17, 15) is 9.59 Å². The molecule has 1 aliphatic heterocycles. The van der Waals surface area contributed by atoms with Crippen molar-refractivity contribution < 1.29 is 9.59 Å². The number of carbonyl (C=O) groups excluding carboxylic acids is 2. The van der Waals surface area contributed by atoms with E-state index in [0.717, 1.165) is 50.1 Å². The SMILES string of the molecule is O=C1S/C(=C/c2cn(Cc3ccccc3Cl)c3ccccc23)C(=O)N1Cc1cccc2ccccc12. The molecule has 0 bridgehead atoms. The van der Waals surface area contributed by atoms with Crippen LogP contribution in [-0.2, 0) is 17.9 Å². The molecule has 1 aliphatic rings. The second kappa shape index (κ2) is 9.34. The van der Waals surface area contributed by atoms with Crippen LogP contribution in [0.15, 0.2) is 102 Å². The Kier molecular flexibility index (Phi) is 5.88. The molecule has 1 fully saturated rings. The molecule has 0 spiro atoms. The van der Waals surface area contributed by atoms with Crippen molar-refractivity contribution in [3.8, 4) is 0 Å². The van der Waals surface area contributed by atoms with Crippen LogP contribution in [0.25, 0.3) is 27.8 Å². The highest BCUT2D eigenvalue weighted by Gasteiger charge is 2.35. The number of fused-ring (bicyclic) bond motifs is 2. The molecule has 1 aromatic heterocycles. The van der Waals surface area contributed by atoms with Crippen molar-refractivity contribution in [2.24, 2.45) is 0 Å². The van der Waals surface area contributed by atoms with Crippen molar-refractivity contribution >= 4 is 62.3 Å². The van der Waals surface area contributed by atoms with Gasteiger partial charge >= 0.3 is 0 Å². The Morgan fingerprint density at radius 1 is 0.750 bits per heavy atom. The first-order valence-electron chi connectivity index (χ1n) is 11.6. The van der Waals surface area contributed by atoms with Gasteiger partial charge < -0.3 is 4.57 Å². The highest BCUT2D eigenvalue weighted by molar-refractivity contribution is 8.18. The number of aromatic nitrogens is 1. The summed E-state index contributed by atoms with van der Waals surface area (Å²) < 4.78 is 2.13. The summed E-state index contributed by atoms with van der Waals surface area (Å²) in [6, 6.07) is 29.8. The number of carbonyl (C=O) groups is 2. The predicted molar refractivity (Wildman–Crippen MR) is 148 cm³/mol. The van der Waals surface area contributed by atoms with Gasteiger partial charge in [0.25, 0.3) is 11.1 Å². The van der Waals surface area contributed by atoms with Gasteiger partial charge in [0.2, 0.25) is 0 Å². The maximum absolute atomic E-state index is 13.3. The highest BCUT2D eigenvalue weighted by atomic mass is 35.5. The van der Waals surface area contributed by atoms with Crippen LogP contribution in [0.2, 0.25) is 5.02 Å². The Bertz CT molecular complexity index is 1680. The highest BCUT2D eigenvalue weighted by Crippen LogP contribution is 2.36. The molecule has 6 rings (SSSR count). The minimum Gasteiger partial charge on any atom is -0.342 e. The topological polar surface area (TPSA) is 42.3 Å². The lowest BCUT2D eigenvalue weighted by atomic mass is 10.0. The third-order valence-corrected chi connectivity index (χ3v) is 7.76. The normalized spacial score (nSPS) is 15.0. The van der Waals surface area contributed by atoms with E-state index in [0.29, 0.717) is 16.5 Å². The maximum atomic E-state index is 13.3. The van der Waals surface area contributed by atoms with Crippen LogP contribution in [0.3, 0.4) is 0 Å². The second-order valence-corrected chi connectivity index (χ2v) is 10.1. The van der Waals surface area contributed by atoms with Crippen molar-refractivity contribution in [3.63, 3.8) is 0 Å². The molecule has 176 valence electrons. The van der Waals surface area contributed by atoms with Crippen molar-refractivity contribution in [2.75, 3.05) is 0 Å². The van der Waals surface area contributed by atoms with Crippen LogP contribution in [0.4, 0.5) is 4.79 Å². The Morgan fingerprint density at radius 2 is 1.44 bits per heavy atom. The van der Waals surface area contributed by atoms with Crippen molar-refractivity contribution in [1.29, 1.82) is 0 Å². The van der Waals surface area contributed by atoms with E-state index < -0.39 is 0 Å². The number of thioether (sulfide) groups is 1. The summed E-state index contributed by atoms with van der Waals surface area (Å²) in [6.45, 7) is 0.855. The van der Waals surface area contributed by atoms with E-state index in [1.807, 2.05) is 97.2 Å². The number of nitrogens with zero attached hydrogens (tertiary/aromatic N) is 2. The van der Waals surface area contributed by atoms with Gasteiger partial charge in [-0.2, -0.15) is 0 Å². The van der Waals surface area contributed by atoms with E-state index in [-0.39, 0.29) is 17.7 Å². The lowest BCUT2D eigenvalue weighted by Gasteiger charge is -2.14. The Morgan fingerprint density at radius 3 is 2.31 bits per heavy atom. The van der Waals surface area contributed by atoms with E-state index in [1.165, 1.54) is 4.90 Å². The van der Waals surface area contributed by atoms with Crippen LogP contribution < -0.4 is 0 Å². The molecule has 2 amide bonds. The average molecular weight is 509 g/mol. The number of para-hydroxylation sites is 1. The average Bonchev–Trinajstić information content (AvgIpc) is 3.37. The summed E-state index contributed by atoms with van der Waals surface area (Å²) in [7, 11) is 0. The first-order valence-corrected chi connectivity index (χ1v) is 12.8. The molecule has 36 heavy (non-hydrogen) atoms. The van der Waals surface area contributed by atoms with Gasteiger partial charge in [-0.15, -0.1) is 0 Å². The molecule has 0 unspecified atom stereocenters. The number of imide groups is 1. The number of halogens is 1. The van der Waals surface area contributed by atoms with Crippen molar-refractivity contribution in [1.82, 2.24) is 9.47 Å². The van der Waals surface area contributed by atoms with Gasteiger partial charge in [0, 0.05) is 34.2 Å². The minimum absolute atomic E-state index is 0.248. The summed E-state index contributed by atoms with van der Waals surface area (Å²) in [5.41, 5.74) is 3.90. The van der Waals surface area contributed by atoms with Crippen LogP contribution >= 0.6 is 23.4 Å². The standard InChI is InChI=1S/C30H21ClN2O2S/c31-26-14-5-2-9-22(26)17-32-18-23(25-13-4-6-15-27(25)32)16-28-29(34)33(30(35)36-28)19-21-11-7-10-20-8-1-3-12-24(20)21/h1-16,18H,17,19H2/b28-16+. The second-order valence-electron chi connectivity index (χ2n) is 8.73. The third kappa shape index (κ3) is 4.11. The quantitative estimate of drug-likeness (QED) is 0.228. The van der Waals surface area contributed by atoms with E-state index in [1.54, 1.807) is 0 Å². The molecule has 6 heteroatoms. The number of rotatable bonds is 5. The van der Waals surface area contributed by atoms with Crippen molar-refractivity contribution in [2.45, 2.75) is 13.1 Å². The fourth-order valence-corrected chi connectivity index (χ4v) is 5.73. The lowest BCUT2D eigenvalue weighted by molar-refractivity contribution is -0.123. The van der Waals surface area contributed by atoms with E-state index >= 15 is 0 Å². The summed E-state index contributed by atoms with van der Waals surface area (Å²) >= 11 is 7.40. The lowest BCUT2D eigenvalue weighted by Crippen LogP contribution is -2.27. The monoisotopic (exact) mass is 508 g/mol. The van der Waals surface area contributed by atoms with Crippen LogP contribution in [-0.4, -0.2) is 20.6 Å². The molecule has 1 saturated heterocycles. The van der Waals surface area contributed by atoms with Gasteiger partial charge in [-0.25, -0.2) is 0 Å². The van der Waals surface area contributed by atoms with Crippen molar-refractivity contribution in [3.05, 3.63) is 124 Å². The molecule has 2 heterocycles. The fraction of sp³-hybridized carbons (Fsp3) is 0.0667. The first kappa shape index (κ1) is 22.7. The first-order chi connectivity index (χ1) is 17.6. The molecular weight excluding hydrogens is 488 g/mol. The zero-order valence-electron chi connectivity index (χ0n) is 19.2. The zero-order valence-corrected chi connectivity index (χ0v) is 20.8. The smallest absolute Gasteiger partial charge is 0.293 e. The molecule has 0 N–H and O–H groups in total. The summed E-state index contributed by atoms with van der Waals surface area (Å²) in [4.78, 5) is 28.0. The molecule has 0 saturated carbocycles. The number of hydrogen-bond donors (Lipinski definition) is 0. The fourth-order valence-electron chi connectivity index (χ4n) is 4.71. The molecule has 4 aromatic carbocycles. The van der Waals surface area contributed by atoms with Crippen LogP contribution in [0.5, 0.6) is 0 Å². The number of amides is 2. The Labute approximate surface area is 217 Å². The Balaban J connectivity index is 1.33. The van der Waals surface area contributed by atoms with Gasteiger partial charge in [0.05, 0.1) is 11.4 Å². The molecule has 0 atom stereocenters. The Hall–Kier alpha value is -3.80. The molecular formula is C30H21ClN2O2S. The zero-order chi connectivity index (χ0) is 24.6. The largest absolute Gasteiger partial charge is 0.342 e. The van der Waals surface area contributed by atoms with Crippen LogP contribution in [0, 0.1) is 0 Å². The van der Waals surface area contributed by atoms with E-state index in [4.69, 9.17) is 11.6 Å². The molecule has 4 nitrogen and oxygen atoms in total. The van der Waals surface area contributed by atoms with E-state index in [2.05, 4.69) is 10.6 Å². The van der Waals surface area contributed by atoms with Gasteiger partial charge in [0.15, 0.2) is 0 Å². The summed E-state index contributed by atoms with van der Waals surface area (Å²) in [6.07, 6.45) is 3.85. The minimum atomic E-state index is -0.263.